The number of rotatable bonds is 24. The van der Waals surface area contributed by atoms with E-state index in [2.05, 4.69) is 48.1 Å². The highest BCUT2D eigenvalue weighted by Gasteiger charge is 2.30. The lowest BCUT2D eigenvalue weighted by Gasteiger charge is -2.24. The van der Waals surface area contributed by atoms with Crippen LogP contribution in [0.15, 0.2) is 25.0 Å². The SMILES string of the molecule is CCCCCCCCCCC(=O)N[C@@H](Cc1cnc[nH]1)C(=O)N[C@@H](Cc1cnc[nH]1)C(=O)N[C@@H](CO)C(=O)NCCCCN. The van der Waals surface area contributed by atoms with Crippen molar-refractivity contribution < 1.29 is 24.3 Å². The summed E-state index contributed by atoms with van der Waals surface area (Å²) in [6, 6.07) is -3.32. The molecule has 0 saturated heterocycles. The molecule has 4 amide bonds. The monoisotopic (exact) mass is 617 g/mol. The number of aromatic nitrogens is 4. The summed E-state index contributed by atoms with van der Waals surface area (Å²) in [5.41, 5.74) is 6.69. The van der Waals surface area contributed by atoms with Gasteiger partial charge in [-0.15, -0.1) is 0 Å². The quantitative estimate of drug-likeness (QED) is 0.0784. The lowest BCUT2D eigenvalue weighted by atomic mass is 10.1. The van der Waals surface area contributed by atoms with E-state index in [9.17, 15) is 24.3 Å². The van der Waals surface area contributed by atoms with Crippen molar-refractivity contribution in [3.63, 3.8) is 0 Å². The van der Waals surface area contributed by atoms with Crippen molar-refractivity contribution in [3.8, 4) is 0 Å². The Morgan fingerprint density at radius 3 is 1.82 bits per heavy atom. The summed E-state index contributed by atoms with van der Waals surface area (Å²) in [6.45, 7) is 2.40. The second-order valence-electron chi connectivity index (χ2n) is 11.0. The third-order valence-electron chi connectivity index (χ3n) is 7.25. The molecule has 14 nitrogen and oxygen atoms in total. The van der Waals surface area contributed by atoms with E-state index >= 15 is 0 Å². The number of nitrogens with zero attached hydrogens (tertiary/aromatic N) is 2. The molecule has 2 heterocycles. The minimum atomic E-state index is -1.21. The molecule has 0 radical (unpaired) electrons. The van der Waals surface area contributed by atoms with Gasteiger partial charge in [0.1, 0.15) is 18.1 Å². The molecular weight excluding hydrogens is 566 g/mol. The van der Waals surface area contributed by atoms with Crippen LogP contribution in [0.25, 0.3) is 0 Å². The number of hydrogen-bond donors (Lipinski definition) is 8. The zero-order valence-electron chi connectivity index (χ0n) is 25.9. The second-order valence-corrected chi connectivity index (χ2v) is 11.0. The summed E-state index contributed by atoms with van der Waals surface area (Å²) < 4.78 is 0. The number of aromatic amines is 2. The van der Waals surface area contributed by atoms with Crippen LogP contribution >= 0.6 is 0 Å². The molecule has 0 aliphatic heterocycles. The molecule has 9 N–H and O–H groups in total. The van der Waals surface area contributed by atoms with E-state index in [1.165, 1.54) is 44.5 Å². The van der Waals surface area contributed by atoms with Gasteiger partial charge in [-0.05, 0) is 25.8 Å². The van der Waals surface area contributed by atoms with Crippen LogP contribution in [0, 0.1) is 0 Å². The lowest BCUT2D eigenvalue weighted by molar-refractivity contribution is -0.134. The number of carbonyl (C=O) groups is 4. The van der Waals surface area contributed by atoms with Crippen LogP contribution in [0.2, 0.25) is 0 Å². The van der Waals surface area contributed by atoms with Crippen LogP contribution in [0.1, 0.15) is 88.9 Å². The van der Waals surface area contributed by atoms with Crippen molar-refractivity contribution in [3.05, 3.63) is 36.4 Å². The number of aliphatic hydroxyl groups is 1. The van der Waals surface area contributed by atoms with Gasteiger partial charge in [0, 0.05) is 49.6 Å². The van der Waals surface area contributed by atoms with Gasteiger partial charge in [0.15, 0.2) is 0 Å². The van der Waals surface area contributed by atoms with Gasteiger partial charge in [-0.3, -0.25) is 19.2 Å². The first-order valence-electron chi connectivity index (χ1n) is 15.8. The van der Waals surface area contributed by atoms with E-state index in [1.807, 2.05) is 0 Å². The fraction of sp³-hybridized carbons (Fsp3) is 0.667. The first-order valence-corrected chi connectivity index (χ1v) is 15.8. The van der Waals surface area contributed by atoms with E-state index in [0.29, 0.717) is 37.3 Å². The molecule has 0 aliphatic rings. The number of unbranched alkanes of at least 4 members (excludes halogenated alkanes) is 8. The van der Waals surface area contributed by atoms with Gasteiger partial charge in [0.2, 0.25) is 23.6 Å². The Morgan fingerprint density at radius 1 is 0.750 bits per heavy atom. The molecule has 0 aliphatic carbocycles. The number of hydrogen-bond acceptors (Lipinski definition) is 8. The fourth-order valence-corrected chi connectivity index (χ4v) is 4.68. The average molecular weight is 618 g/mol. The molecule has 0 unspecified atom stereocenters. The molecule has 0 saturated carbocycles. The molecule has 14 heteroatoms. The van der Waals surface area contributed by atoms with Gasteiger partial charge < -0.3 is 42.1 Å². The third-order valence-corrected chi connectivity index (χ3v) is 7.25. The number of imidazole rings is 2. The molecule has 0 fully saturated rings. The van der Waals surface area contributed by atoms with Crippen molar-refractivity contribution >= 4 is 23.6 Å². The Balaban J connectivity index is 2.03. The first-order chi connectivity index (χ1) is 21.4. The molecule has 0 aromatic carbocycles. The number of nitrogens with one attached hydrogen (secondary N) is 6. The molecule has 2 rings (SSSR count). The number of amides is 4. The van der Waals surface area contributed by atoms with Crippen molar-refractivity contribution in [2.45, 2.75) is 109 Å². The lowest BCUT2D eigenvalue weighted by Crippen LogP contribution is -2.58. The Morgan fingerprint density at radius 2 is 1.30 bits per heavy atom. The second kappa shape index (κ2) is 21.8. The first kappa shape index (κ1) is 36.4. The van der Waals surface area contributed by atoms with E-state index in [4.69, 9.17) is 5.73 Å². The van der Waals surface area contributed by atoms with Crippen LogP contribution in [0.4, 0.5) is 0 Å². The van der Waals surface area contributed by atoms with Gasteiger partial charge in [0.25, 0.3) is 0 Å². The smallest absolute Gasteiger partial charge is 0.244 e. The minimum Gasteiger partial charge on any atom is -0.394 e. The molecule has 2 aromatic heterocycles. The minimum absolute atomic E-state index is 0.0385. The van der Waals surface area contributed by atoms with Gasteiger partial charge in [-0.25, -0.2) is 9.97 Å². The highest BCUT2D eigenvalue weighted by molar-refractivity contribution is 5.94. The van der Waals surface area contributed by atoms with Crippen LogP contribution in [-0.2, 0) is 32.0 Å². The Hall–Kier alpha value is -3.78. The predicted octanol–water partition coefficient (Wildman–Crippen LogP) is 0.751. The van der Waals surface area contributed by atoms with E-state index in [1.54, 1.807) is 6.20 Å². The van der Waals surface area contributed by atoms with Crippen LogP contribution < -0.4 is 27.0 Å². The Bertz CT molecular complexity index is 1080. The molecule has 0 bridgehead atoms. The maximum Gasteiger partial charge on any atom is 0.244 e. The van der Waals surface area contributed by atoms with Crippen molar-refractivity contribution in [1.29, 1.82) is 0 Å². The molecule has 3 atom stereocenters. The molecule has 2 aromatic rings. The number of carbonyl (C=O) groups excluding carboxylic acids is 4. The summed E-state index contributed by atoms with van der Waals surface area (Å²) in [5.74, 6) is -2.04. The number of aliphatic hydroxyl groups excluding tert-OH is 1. The van der Waals surface area contributed by atoms with Crippen molar-refractivity contribution in [1.82, 2.24) is 41.2 Å². The zero-order chi connectivity index (χ0) is 32.0. The predicted molar refractivity (Wildman–Crippen MR) is 166 cm³/mol. The number of H-pyrrole nitrogens is 2. The van der Waals surface area contributed by atoms with E-state index < -0.39 is 42.5 Å². The van der Waals surface area contributed by atoms with Gasteiger partial charge in [-0.2, -0.15) is 0 Å². The summed E-state index contributed by atoms with van der Waals surface area (Å²) >= 11 is 0. The zero-order valence-corrected chi connectivity index (χ0v) is 25.9. The van der Waals surface area contributed by atoms with Gasteiger partial charge in [-0.1, -0.05) is 51.9 Å². The fourth-order valence-electron chi connectivity index (χ4n) is 4.68. The van der Waals surface area contributed by atoms with Crippen LogP contribution in [0.3, 0.4) is 0 Å². The average Bonchev–Trinajstić information content (AvgIpc) is 3.73. The van der Waals surface area contributed by atoms with Crippen molar-refractivity contribution in [2.24, 2.45) is 5.73 Å². The summed E-state index contributed by atoms with van der Waals surface area (Å²) in [5, 5.41) is 20.5. The summed E-state index contributed by atoms with van der Waals surface area (Å²) in [6.07, 6.45) is 16.7. The highest BCUT2D eigenvalue weighted by Crippen LogP contribution is 2.10. The highest BCUT2D eigenvalue weighted by atomic mass is 16.3. The topological polar surface area (TPSA) is 220 Å². The molecule has 0 spiro atoms. The summed E-state index contributed by atoms with van der Waals surface area (Å²) in [4.78, 5) is 66.1. The molecule has 246 valence electrons. The molecule has 44 heavy (non-hydrogen) atoms. The third kappa shape index (κ3) is 14.6. The van der Waals surface area contributed by atoms with E-state index in [0.717, 1.165) is 32.1 Å². The van der Waals surface area contributed by atoms with Gasteiger partial charge in [0.05, 0.1) is 19.3 Å². The van der Waals surface area contributed by atoms with Gasteiger partial charge >= 0.3 is 0 Å². The summed E-state index contributed by atoms with van der Waals surface area (Å²) in [7, 11) is 0. The largest absolute Gasteiger partial charge is 0.394 e. The molecular formula is C30H51N9O5. The van der Waals surface area contributed by atoms with Crippen LogP contribution in [0.5, 0.6) is 0 Å². The Kier molecular flexibility index (Phi) is 18.1. The van der Waals surface area contributed by atoms with Crippen LogP contribution in [-0.4, -0.2) is 86.5 Å². The normalized spacial score (nSPS) is 13.1. The standard InChI is InChI=1S/C30H51N9O5/c1-2-3-4-5-6-7-8-9-12-27(41)37-24(15-22-17-32-20-35-22)29(43)38-25(16-23-18-33-21-36-23)30(44)39-26(19-40)28(42)34-14-11-10-13-31/h17-18,20-21,24-26,40H,2-16,19,31H2,1H3,(H,32,35)(H,33,36)(H,34,42)(H,37,41)(H,38,43)(H,39,44)/t24-,25-,26-/m0/s1. The maximum atomic E-state index is 13.5. The number of nitrogens with two attached hydrogens (primary N) is 1. The maximum absolute atomic E-state index is 13.5. The van der Waals surface area contributed by atoms with Crippen molar-refractivity contribution in [2.75, 3.05) is 19.7 Å². The Labute approximate surface area is 259 Å². The van der Waals surface area contributed by atoms with E-state index in [-0.39, 0.29) is 18.7 Å².